The van der Waals surface area contributed by atoms with Crippen molar-refractivity contribution in [2.24, 2.45) is 5.92 Å². The Bertz CT molecular complexity index is 223. The standard InChI is InChI=1S/C17H35NO2/c1-3-4-5-6-12-20-14-17(19)13-18-16-9-7-8-15(2)10-11-16/h15-19H,3-14H2,1-2H3. The van der Waals surface area contributed by atoms with E-state index in [-0.39, 0.29) is 6.10 Å². The van der Waals surface area contributed by atoms with Crippen molar-refractivity contribution < 1.29 is 9.84 Å². The Labute approximate surface area is 125 Å². The van der Waals surface area contributed by atoms with Crippen LogP contribution in [0.1, 0.15) is 71.6 Å². The van der Waals surface area contributed by atoms with Crippen LogP contribution in [-0.2, 0) is 4.74 Å². The van der Waals surface area contributed by atoms with E-state index in [1.807, 2.05) is 0 Å². The molecule has 0 aliphatic heterocycles. The lowest BCUT2D eigenvalue weighted by Gasteiger charge is -2.19. The van der Waals surface area contributed by atoms with E-state index in [4.69, 9.17) is 4.74 Å². The van der Waals surface area contributed by atoms with E-state index in [2.05, 4.69) is 19.2 Å². The maximum absolute atomic E-state index is 9.92. The molecule has 3 nitrogen and oxygen atoms in total. The average molecular weight is 285 g/mol. The summed E-state index contributed by atoms with van der Waals surface area (Å²) in [5, 5.41) is 13.4. The molecule has 1 rings (SSSR count). The Kier molecular flexibility index (Phi) is 10.3. The van der Waals surface area contributed by atoms with Crippen LogP contribution >= 0.6 is 0 Å². The van der Waals surface area contributed by atoms with E-state index in [0.29, 0.717) is 19.2 Å². The summed E-state index contributed by atoms with van der Waals surface area (Å²) >= 11 is 0. The van der Waals surface area contributed by atoms with Gasteiger partial charge in [0.15, 0.2) is 0 Å². The highest BCUT2D eigenvalue weighted by atomic mass is 16.5. The molecule has 0 spiro atoms. The molecule has 1 saturated carbocycles. The first-order valence-corrected chi connectivity index (χ1v) is 8.71. The van der Waals surface area contributed by atoms with Crippen molar-refractivity contribution in [3.63, 3.8) is 0 Å². The zero-order chi connectivity index (χ0) is 14.6. The van der Waals surface area contributed by atoms with Gasteiger partial charge < -0.3 is 15.2 Å². The van der Waals surface area contributed by atoms with Gasteiger partial charge in [-0.1, -0.05) is 46.0 Å². The summed E-state index contributed by atoms with van der Waals surface area (Å²) < 4.78 is 5.53. The molecule has 3 atom stereocenters. The van der Waals surface area contributed by atoms with Crippen LogP contribution in [0.4, 0.5) is 0 Å². The van der Waals surface area contributed by atoms with E-state index in [0.717, 1.165) is 18.9 Å². The molecule has 20 heavy (non-hydrogen) atoms. The number of unbranched alkanes of at least 4 members (excludes halogenated alkanes) is 3. The van der Waals surface area contributed by atoms with Crippen LogP contribution in [0.5, 0.6) is 0 Å². The minimum Gasteiger partial charge on any atom is -0.389 e. The summed E-state index contributed by atoms with van der Waals surface area (Å²) in [6, 6.07) is 0.596. The molecule has 0 aromatic heterocycles. The van der Waals surface area contributed by atoms with Crippen LogP contribution < -0.4 is 5.32 Å². The summed E-state index contributed by atoms with van der Waals surface area (Å²) in [5.41, 5.74) is 0. The number of rotatable bonds is 10. The Morgan fingerprint density at radius 2 is 2.00 bits per heavy atom. The fraction of sp³-hybridized carbons (Fsp3) is 1.00. The third-order valence-corrected chi connectivity index (χ3v) is 4.35. The lowest BCUT2D eigenvalue weighted by atomic mass is 10.0. The zero-order valence-electron chi connectivity index (χ0n) is 13.6. The number of ether oxygens (including phenoxy) is 1. The van der Waals surface area contributed by atoms with Crippen molar-refractivity contribution in [2.75, 3.05) is 19.8 Å². The van der Waals surface area contributed by atoms with E-state index in [1.54, 1.807) is 0 Å². The lowest BCUT2D eigenvalue weighted by molar-refractivity contribution is 0.0339. The van der Waals surface area contributed by atoms with E-state index < -0.39 is 0 Å². The summed E-state index contributed by atoms with van der Waals surface area (Å²) in [7, 11) is 0. The molecular formula is C17H35NO2. The molecule has 1 aliphatic carbocycles. The fourth-order valence-corrected chi connectivity index (χ4v) is 2.90. The zero-order valence-corrected chi connectivity index (χ0v) is 13.6. The molecule has 3 heteroatoms. The van der Waals surface area contributed by atoms with Crippen molar-refractivity contribution in [1.29, 1.82) is 0 Å². The number of hydrogen-bond donors (Lipinski definition) is 2. The van der Waals surface area contributed by atoms with Crippen molar-refractivity contribution >= 4 is 0 Å². The van der Waals surface area contributed by atoms with Crippen LogP contribution in [0.2, 0.25) is 0 Å². The first kappa shape index (κ1) is 17.9. The van der Waals surface area contributed by atoms with Crippen molar-refractivity contribution in [3.05, 3.63) is 0 Å². The van der Waals surface area contributed by atoms with E-state index in [9.17, 15) is 5.11 Å². The maximum Gasteiger partial charge on any atom is 0.0897 e. The second-order valence-corrected chi connectivity index (χ2v) is 6.51. The van der Waals surface area contributed by atoms with Gasteiger partial charge in [0.25, 0.3) is 0 Å². The largest absolute Gasteiger partial charge is 0.389 e. The molecule has 0 heterocycles. The molecule has 0 aromatic carbocycles. The molecule has 2 N–H and O–H groups in total. The summed E-state index contributed by atoms with van der Waals surface area (Å²) in [4.78, 5) is 0. The molecule has 0 bridgehead atoms. The first-order chi connectivity index (χ1) is 9.72. The second-order valence-electron chi connectivity index (χ2n) is 6.51. The highest BCUT2D eigenvalue weighted by Crippen LogP contribution is 2.22. The molecule has 120 valence electrons. The first-order valence-electron chi connectivity index (χ1n) is 8.71. The van der Waals surface area contributed by atoms with Gasteiger partial charge in [-0.25, -0.2) is 0 Å². The Morgan fingerprint density at radius 1 is 1.15 bits per heavy atom. The number of nitrogens with one attached hydrogen (secondary N) is 1. The second kappa shape index (κ2) is 11.5. The van der Waals surface area contributed by atoms with Crippen molar-refractivity contribution in [3.8, 4) is 0 Å². The minimum atomic E-state index is -0.359. The quantitative estimate of drug-likeness (QED) is 0.477. The topological polar surface area (TPSA) is 41.5 Å². The maximum atomic E-state index is 9.92. The fourth-order valence-electron chi connectivity index (χ4n) is 2.90. The number of aliphatic hydroxyl groups excluding tert-OH is 1. The molecule has 1 aliphatic rings. The highest BCUT2D eigenvalue weighted by Gasteiger charge is 2.16. The predicted molar refractivity (Wildman–Crippen MR) is 85.0 cm³/mol. The normalized spacial score (nSPS) is 25.4. The Morgan fingerprint density at radius 3 is 2.80 bits per heavy atom. The van der Waals surface area contributed by atoms with Gasteiger partial charge in [0.2, 0.25) is 0 Å². The smallest absolute Gasteiger partial charge is 0.0897 e. The van der Waals surface area contributed by atoms with Gasteiger partial charge in [-0.3, -0.25) is 0 Å². The molecule has 1 fully saturated rings. The molecule has 0 radical (unpaired) electrons. The van der Waals surface area contributed by atoms with Crippen LogP contribution in [0.25, 0.3) is 0 Å². The van der Waals surface area contributed by atoms with Crippen LogP contribution in [0.15, 0.2) is 0 Å². The monoisotopic (exact) mass is 285 g/mol. The van der Waals surface area contributed by atoms with Crippen molar-refractivity contribution in [1.82, 2.24) is 5.32 Å². The molecular weight excluding hydrogens is 250 g/mol. The van der Waals surface area contributed by atoms with Gasteiger partial charge in [-0.2, -0.15) is 0 Å². The summed E-state index contributed by atoms with van der Waals surface area (Å²) in [6.45, 7) is 6.50. The average Bonchev–Trinajstić information content (AvgIpc) is 2.65. The van der Waals surface area contributed by atoms with Gasteiger partial charge >= 0.3 is 0 Å². The minimum absolute atomic E-state index is 0.359. The van der Waals surface area contributed by atoms with Crippen molar-refractivity contribution in [2.45, 2.75) is 83.8 Å². The Balaban J connectivity index is 1.97. The number of hydrogen-bond acceptors (Lipinski definition) is 3. The summed E-state index contributed by atoms with van der Waals surface area (Å²) in [6.07, 6.45) is 11.1. The van der Waals surface area contributed by atoms with Gasteiger partial charge in [-0.15, -0.1) is 0 Å². The third kappa shape index (κ3) is 8.93. The Hall–Kier alpha value is -0.120. The van der Waals surface area contributed by atoms with Gasteiger partial charge in [0.1, 0.15) is 0 Å². The van der Waals surface area contributed by atoms with Crippen LogP contribution in [0, 0.1) is 5.92 Å². The summed E-state index contributed by atoms with van der Waals surface area (Å²) in [5.74, 6) is 0.873. The molecule has 0 amide bonds. The number of aliphatic hydroxyl groups is 1. The molecule has 3 unspecified atom stereocenters. The molecule has 0 aromatic rings. The van der Waals surface area contributed by atoms with Gasteiger partial charge in [0.05, 0.1) is 12.7 Å². The predicted octanol–water partition coefficient (Wildman–Crippen LogP) is 3.50. The third-order valence-electron chi connectivity index (χ3n) is 4.35. The van der Waals surface area contributed by atoms with Gasteiger partial charge in [-0.05, 0) is 31.6 Å². The van der Waals surface area contributed by atoms with Gasteiger partial charge in [0, 0.05) is 19.2 Å². The van der Waals surface area contributed by atoms with Crippen LogP contribution in [-0.4, -0.2) is 37.0 Å². The lowest BCUT2D eigenvalue weighted by Crippen LogP contribution is -2.37. The SMILES string of the molecule is CCCCCCOCC(O)CNC1CCCC(C)CC1. The van der Waals surface area contributed by atoms with E-state index in [1.165, 1.54) is 51.4 Å². The highest BCUT2D eigenvalue weighted by molar-refractivity contribution is 4.74. The molecule has 0 saturated heterocycles. The van der Waals surface area contributed by atoms with Crippen LogP contribution in [0.3, 0.4) is 0 Å². The van der Waals surface area contributed by atoms with E-state index >= 15 is 0 Å².